The van der Waals surface area contributed by atoms with Crippen LogP contribution < -0.4 is 15.4 Å². The first kappa shape index (κ1) is 15.4. The number of nitrogens with one attached hydrogen (secondary N) is 2. The highest BCUT2D eigenvalue weighted by atomic mass is 16.5. The molecule has 0 aliphatic carbocycles. The Balaban J connectivity index is 2.18. The first-order valence-electron chi connectivity index (χ1n) is 6.39. The lowest BCUT2D eigenvalue weighted by Crippen LogP contribution is -2.26. The fourth-order valence-electron chi connectivity index (χ4n) is 1.80. The predicted octanol–water partition coefficient (Wildman–Crippen LogP) is 1.51. The molecule has 1 heterocycles. The number of carbonyl (C=O) groups is 3. The van der Waals surface area contributed by atoms with Gasteiger partial charge in [0.15, 0.2) is 6.04 Å². The van der Waals surface area contributed by atoms with Crippen molar-refractivity contribution in [3.05, 3.63) is 30.4 Å². The number of ether oxygens (including phenoxy) is 1. The Labute approximate surface area is 126 Å². The SMILES string of the molecule is COc1ccc(NC(C)=O)cc1NC(=O)C1C=CC(=O)N=N1. The highest BCUT2D eigenvalue weighted by Gasteiger charge is 2.20. The highest BCUT2D eigenvalue weighted by molar-refractivity contribution is 6.00. The molecular weight excluding hydrogens is 288 g/mol. The number of rotatable bonds is 4. The molecule has 8 heteroatoms. The van der Waals surface area contributed by atoms with E-state index in [4.69, 9.17) is 4.74 Å². The Morgan fingerprint density at radius 3 is 2.64 bits per heavy atom. The van der Waals surface area contributed by atoms with Crippen molar-refractivity contribution in [1.82, 2.24) is 0 Å². The lowest BCUT2D eigenvalue weighted by Gasteiger charge is -2.14. The molecule has 0 saturated carbocycles. The molecule has 0 bridgehead atoms. The lowest BCUT2D eigenvalue weighted by atomic mass is 10.2. The van der Waals surface area contributed by atoms with Gasteiger partial charge in [0.1, 0.15) is 5.75 Å². The summed E-state index contributed by atoms with van der Waals surface area (Å²) in [5.41, 5.74) is 0.888. The summed E-state index contributed by atoms with van der Waals surface area (Å²) >= 11 is 0. The first-order chi connectivity index (χ1) is 10.5. The van der Waals surface area contributed by atoms with E-state index in [1.165, 1.54) is 26.2 Å². The lowest BCUT2D eigenvalue weighted by molar-refractivity contribution is -0.117. The van der Waals surface area contributed by atoms with Gasteiger partial charge in [-0.25, -0.2) is 0 Å². The molecule has 8 nitrogen and oxygen atoms in total. The van der Waals surface area contributed by atoms with Gasteiger partial charge in [-0.1, -0.05) is 0 Å². The summed E-state index contributed by atoms with van der Waals surface area (Å²) in [5, 5.41) is 12.2. The third-order valence-corrected chi connectivity index (χ3v) is 2.75. The number of methoxy groups -OCH3 is 1. The molecular formula is C14H14N4O4. The summed E-state index contributed by atoms with van der Waals surface area (Å²) in [5.74, 6) is -0.778. The van der Waals surface area contributed by atoms with Gasteiger partial charge < -0.3 is 15.4 Å². The zero-order valence-electron chi connectivity index (χ0n) is 12.0. The first-order valence-corrected chi connectivity index (χ1v) is 6.39. The third kappa shape index (κ3) is 3.75. The minimum absolute atomic E-state index is 0.232. The number of azo groups is 1. The Kier molecular flexibility index (Phi) is 4.62. The smallest absolute Gasteiger partial charge is 0.287 e. The molecule has 0 radical (unpaired) electrons. The number of amides is 3. The van der Waals surface area contributed by atoms with Gasteiger partial charge in [0.2, 0.25) is 5.91 Å². The number of hydrogen-bond donors (Lipinski definition) is 2. The maximum atomic E-state index is 12.1. The summed E-state index contributed by atoms with van der Waals surface area (Å²) < 4.78 is 5.16. The quantitative estimate of drug-likeness (QED) is 0.878. The van der Waals surface area contributed by atoms with Crippen LogP contribution >= 0.6 is 0 Å². The molecule has 1 aliphatic heterocycles. The van der Waals surface area contributed by atoms with Crippen molar-refractivity contribution in [2.45, 2.75) is 13.0 Å². The molecule has 1 aromatic rings. The second kappa shape index (κ2) is 6.61. The van der Waals surface area contributed by atoms with Crippen LogP contribution in [-0.2, 0) is 14.4 Å². The van der Waals surface area contributed by atoms with Crippen LogP contribution in [0, 0.1) is 0 Å². The molecule has 1 aromatic carbocycles. The number of carbonyl (C=O) groups excluding carboxylic acids is 3. The van der Waals surface area contributed by atoms with E-state index in [9.17, 15) is 14.4 Å². The monoisotopic (exact) mass is 302 g/mol. The van der Waals surface area contributed by atoms with Crippen LogP contribution in [0.3, 0.4) is 0 Å². The number of nitrogens with zero attached hydrogens (tertiary/aromatic N) is 2. The van der Waals surface area contributed by atoms with Crippen LogP contribution in [0.2, 0.25) is 0 Å². The van der Waals surface area contributed by atoms with E-state index in [-0.39, 0.29) is 5.91 Å². The second-order valence-corrected chi connectivity index (χ2v) is 4.44. The fraction of sp³-hybridized carbons (Fsp3) is 0.214. The molecule has 0 spiro atoms. The van der Waals surface area contributed by atoms with E-state index in [2.05, 4.69) is 20.9 Å². The minimum atomic E-state index is -0.883. The maximum Gasteiger partial charge on any atom is 0.287 e. The van der Waals surface area contributed by atoms with E-state index >= 15 is 0 Å². The van der Waals surface area contributed by atoms with E-state index in [0.717, 1.165) is 0 Å². The van der Waals surface area contributed by atoms with Gasteiger partial charge in [0.25, 0.3) is 11.8 Å². The number of hydrogen-bond acceptors (Lipinski definition) is 5. The van der Waals surface area contributed by atoms with E-state index < -0.39 is 17.9 Å². The van der Waals surface area contributed by atoms with Crippen LogP contribution in [0.1, 0.15) is 6.92 Å². The van der Waals surface area contributed by atoms with E-state index in [1.54, 1.807) is 18.2 Å². The van der Waals surface area contributed by atoms with Crippen molar-refractivity contribution < 1.29 is 19.1 Å². The maximum absolute atomic E-state index is 12.1. The van der Waals surface area contributed by atoms with Crippen LogP contribution in [0.5, 0.6) is 5.75 Å². The molecule has 1 unspecified atom stereocenters. The van der Waals surface area contributed by atoms with Gasteiger partial charge in [-0.3, -0.25) is 14.4 Å². The Bertz CT molecular complexity index is 665. The van der Waals surface area contributed by atoms with Crippen molar-refractivity contribution in [3.8, 4) is 5.75 Å². The van der Waals surface area contributed by atoms with Gasteiger partial charge in [0, 0.05) is 18.7 Å². The zero-order chi connectivity index (χ0) is 16.1. The van der Waals surface area contributed by atoms with Crippen LogP contribution in [0.25, 0.3) is 0 Å². The summed E-state index contributed by atoms with van der Waals surface area (Å²) in [7, 11) is 1.46. The minimum Gasteiger partial charge on any atom is -0.495 e. The molecule has 22 heavy (non-hydrogen) atoms. The summed E-state index contributed by atoms with van der Waals surface area (Å²) in [6.45, 7) is 1.38. The van der Waals surface area contributed by atoms with Gasteiger partial charge in [-0.15, -0.1) is 5.11 Å². The topological polar surface area (TPSA) is 109 Å². The molecule has 0 saturated heterocycles. The Morgan fingerprint density at radius 1 is 1.27 bits per heavy atom. The molecule has 3 amide bonds. The highest BCUT2D eigenvalue weighted by Crippen LogP contribution is 2.28. The molecule has 2 N–H and O–H groups in total. The summed E-state index contributed by atoms with van der Waals surface area (Å²) in [6, 6.07) is 3.94. The van der Waals surface area contributed by atoms with E-state index in [1.807, 2.05) is 0 Å². The molecule has 0 aromatic heterocycles. The average molecular weight is 302 g/mol. The van der Waals surface area contributed by atoms with Crippen molar-refractivity contribution in [2.75, 3.05) is 17.7 Å². The molecule has 1 aliphatic rings. The van der Waals surface area contributed by atoms with Crippen molar-refractivity contribution in [1.29, 1.82) is 0 Å². The van der Waals surface area contributed by atoms with Crippen molar-refractivity contribution >= 4 is 29.1 Å². The van der Waals surface area contributed by atoms with Crippen LogP contribution in [0.4, 0.5) is 11.4 Å². The number of anilines is 2. The van der Waals surface area contributed by atoms with E-state index in [0.29, 0.717) is 17.1 Å². The third-order valence-electron chi connectivity index (χ3n) is 2.75. The zero-order valence-corrected chi connectivity index (χ0v) is 12.0. The number of benzene rings is 1. The normalized spacial score (nSPS) is 16.3. The van der Waals surface area contributed by atoms with Gasteiger partial charge in [-0.2, -0.15) is 5.11 Å². The van der Waals surface area contributed by atoms with Crippen molar-refractivity contribution in [3.63, 3.8) is 0 Å². The molecule has 2 rings (SSSR count). The van der Waals surface area contributed by atoms with Crippen molar-refractivity contribution in [2.24, 2.45) is 10.2 Å². The largest absolute Gasteiger partial charge is 0.495 e. The molecule has 0 fully saturated rings. The van der Waals surface area contributed by atoms with Crippen LogP contribution in [-0.4, -0.2) is 30.9 Å². The van der Waals surface area contributed by atoms with Gasteiger partial charge >= 0.3 is 0 Å². The second-order valence-electron chi connectivity index (χ2n) is 4.44. The Morgan fingerprint density at radius 2 is 2.05 bits per heavy atom. The van der Waals surface area contributed by atoms with Gasteiger partial charge in [-0.05, 0) is 24.3 Å². The molecule has 114 valence electrons. The summed E-state index contributed by atoms with van der Waals surface area (Å²) in [6.07, 6.45) is 2.54. The summed E-state index contributed by atoms with van der Waals surface area (Å²) in [4.78, 5) is 34.1. The predicted molar refractivity (Wildman–Crippen MR) is 78.7 cm³/mol. The van der Waals surface area contributed by atoms with Crippen LogP contribution in [0.15, 0.2) is 40.6 Å². The van der Waals surface area contributed by atoms with Gasteiger partial charge in [0.05, 0.1) is 12.8 Å². The Hall–Kier alpha value is -3.03. The standard InChI is InChI=1S/C14H14N4O4/c1-8(19)15-9-3-5-12(22-2)11(7-9)16-14(21)10-4-6-13(20)18-17-10/h3-7,10H,1-2H3,(H,15,19)(H,16,21). The molecule has 1 atom stereocenters. The average Bonchev–Trinajstić information content (AvgIpc) is 2.47. The fourth-order valence-corrected chi connectivity index (χ4v) is 1.80.